The topological polar surface area (TPSA) is 46.1 Å². The molecule has 0 saturated carbocycles. The van der Waals surface area contributed by atoms with Gasteiger partial charge in [-0.1, -0.05) is 19.0 Å². The molecule has 0 amide bonds. The Hall–Kier alpha value is 2.88. The van der Waals surface area contributed by atoms with Gasteiger partial charge in [0.1, 0.15) is 0 Å². The molecule has 0 aliphatic heterocycles. The molecule has 1 rings (SSSR count). The molecule has 1 aromatic heterocycles. The fraction of sp³-hybridized carbons (Fsp3) is 0.667. The van der Waals surface area contributed by atoms with Gasteiger partial charge >= 0.3 is 7.52 Å². The minimum atomic E-state index is -3.51. The van der Waals surface area contributed by atoms with Gasteiger partial charge in [0.05, 0.1) is 5.16 Å². The van der Waals surface area contributed by atoms with Crippen molar-refractivity contribution in [3.63, 3.8) is 0 Å². The Labute approximate surface area is 205 Å². The quantitative estimate of drug-likeness (QED) is 0.304. The molecule has 21 heavy (non-hydrogen) atoms. The number of aryl methyl sites for hydroxylation is 1. The van der Waals surface area contributed by atoms with Crippen molar-refractivity contribution in [2.75, 3.05) is 0 Å². The maximum Gasteiger partial charge on any atom is 0.321 e. The number of aromatic nitrogens is 2. The maximum absolute atomic E-state index is 12.3. The van der Waals surface area contributed by atoms with Crippen LogP contribution in [0.1, 0.15) is 33.4 Å². The van der Waals surface area contributed by atoms with Gasteiger partial charge in [0.25, 0.3) is 0 Å². The summed E-state index contributed by atoms with van der Waals surface area (Å²) < 4.78 is 15.2. The Morgan fingerprint density at radius 1 is 1.43 bits per heavy atom. The Kier molecular flexibility index (Phi) is 18.5. The summed E-state index contributed by atoms with van der Waals surface area (Å²) in [5, 5.41) is -0.723. The zero-order valence-electron chi connectivity index (χ0n) is 13.2. The molecule has 0 aromatic carbocycles. The molecule has 2 atom stereocenters. The van der Waals surface area contributed by atoms with E-state index < -0.39 is 12.7 Å². The van der Waals surface area contributed by atoms with Crippen LogP contribution in [-0.2, 0) is 123 Å². The van der Waals surface area contributed by atoms with Crippen molar-refractivity contribution in [3.8, 4) is 0 Å². The number of imidazole rings is 1. The van der Waals surface area contributed by atoms with E-state index in [1.165, 1.54) is 4.34 Å². The smallest absolute Gasteiger partial charge is 0.321 e. The van der Waals surface area contributed by atoms with Crippen molar-refractivity contribution < 1.29 is 119 Å². The van der Waals surface area contributed by atoms with Gasteiger partial charge in [-0.05, 0) is 20.8 Å². The Morgan fingerprint density at radius 2 is 1.86 bits per heavy atom. The van der Waals surface area contributed by atoms with Crippen LogP contribution in [-0.4, -0.2) is 14.4 Å². The third-order valence-corrected chi connectivity index (χ3v) is 5.05. The van der Waals surface area contributed by atoms with Crippen LogP contribution in [0.15, 0.2) is 0 Å². The summed E-state index contributed by atoms with van der Waals surface area (Å²) >= 11 is 0. The minimum absolute atomic E-state index is 0. The van der Waals surface area contributed by atoms with Gasteiger partial charge in [-0.2, -0.15) is 5.92 Å². The summed E-state index contributed by atoms with van der Waals surface area (Å²) in [6, 6.07) is 0. The van der Waals surface area contributed by atoms with E-state index in [1.54, 1.807) is 32.4 Å². The second-order valence-electron chi connectivity index (χ2n) is 5.55. The predicted octanol–water partition coefficient (Wildman–Crippen LogP) is 1.75. The number of nitrogens with zero attached hydrogens (tertiary/aromatic N) is 2. The molecule has 4 nitrogen and oxygen atoms in total. The van der Waals surface area contributed by atoms with Crippen molar-refractivity contribution in [3.05, 3.63) is 25.1 Å². The molecule has 2 unspecified atom stereocenters. The van der Waals surface area contributed by atoms with Crippen LogP contribution in [0, 0.1) is 25.4 Å². The average Bonchev–Trinajstić information content (AvgIpc) is 2.45. The normalized spacial score (nSPS) is 14.4. The van der Waals surface area contributed by atoms with E-state index >= 15 is 0 Å². The van der Waals surface area contributed by atoms with E-state index in [1.807, 2.05) is 6.92 Å². The molecule has 1 N–H and O–H groups in total. The number of hydrogen-bond donors (Lipinski definition) is 1. The maximum atomic E-state index is 12.3. The van der Waals surface area contributed by atoms with Gasteiger partial charge in [-0.15, -0.1) is 6.33 Å². The van der Waals surface area contributed by atoms with Crippen LogP contribution in [0.4, 0.5) is 0 Å². The first kappa shape index (κ1) is 31.6. The van der Waals surface area contributed by atoms with E-state index in [0.717, 1.165) is 5.69 Å². The minimum Gasteiger partial charge on any atom is -0.517 e. The van der Waals surface area contributed by atoms with Gasteiger partial charge in [-0.25, -0.2) is 4.57 Å². The second-order valence-corrected chi connectivity index (χ2v) is 8.38. The third kappa shape index (κ3) is 8.69. The van der Waals surface area contributed by atoms with Gasteiger partial charge in [-0.3, -0.25) is 6.20 Å². The predicted molar refractivity (Wildman–Crippen MR) is 66.5 cm³/mol. The Bertz CT molecular complexity index is 465. The summed E-state index contributed by atoms with van der Waals surface area (Å²) in [6.07, 6.45) is 6.48. The molecular formula is C12H21N2O2PVWY2-2. The molecule has 1 heterocycles. The molecule has 3 radical (unpaired) electrons. The molecule has 9 heteroatoms. The molecule has 0 spiro atoms. The van der Waals surface area contributed by atoms with Crippen LogP contribution in [0.3, 0.4) is 0 Å². The van der Waals surface area contributed by atoms with Crippen molar-refractivity contribution in [2.45, 2.75) is 39.3 Å². The molecule has 1 aromatic rings. The number of rotatable bonds is 3. The van der Waals surface area contributed by atoms with E-state index in [0.29, 0.717) is 6.42 Å². The summed E-state index contributed by atoms with van der Waals surface area (Å²) in [5.74, 6) is 0.231. The Balaban J connectivity index is -0.000000361. The van der Waals surface area contributed by atoms with E-state index in [-0.39, 0.29) is 111 Å². The van der Waals surface area contributed by atoms with Gasteiger partial charge < -0.3 is 20.7 Å². The first-order valence-corrected chi connectivity index (χ1v) is 7.26. The van der Waals surface area contributed by atoms with Crippen molar-refractivity contribution in [1.29, 1.82) is 0 Å². The molecule has 0 fully saturated rings. The van der Waals surface area contributed by atoms with Crippen LogP contribution >= 0.6 is 7.52 Å². The van der Waals surface area contributed by atoms with Gasteiger partial charge in [0.15, 0.2) is 0 Å². The van der Waals surface area contributed by atoms with Crippen molar-refractivity contribution >= 4 is 7.52 Å². The summed E-state index contributed by atoms with van der Waals surface area (Å²) in [4.78, 5) is 10.1. The standard InChI is InChI=1S/C12H21N2O2P.V.W.2Y/c1-10(2)7-11-8-14(9-13(11)6)17(15,16)12(3,4)5;;;;/h10H,1,7H2,2-6H3,(H,15,16);;;;/q-2;;;;. The first-order valence-electron chi connectivity index (χ1n) is 5.65. The molecule has 0 bridgehead atoms. The fourth-order valence-corrected chi connectivity index (χ4v) is 2.47. The first-order chi connectivity index (χ1) is 7.55. The van der Waals surface area contributed by atoms with Crippen molar-refractivity contribution in [1.82, 2.24) is 4.34 Å². The SMILES string of the molecule is [CH2-]C(C)Cc1[c-]n(P(=O)(O)C(C)(C)C)[c-][n+]1C.[V].[W].[Y].[Y]. The average molecular weight is 669 g/mol. The van der Waals surface area contributed by atoms with E-state index in [2.05, 4.69) is 19.4 Å². The van der Waals surface area contributed by atoms with Gasteiger partial charge in [0, 0.05) is 112 Å². The molecule has 0 saturated heterocycles. The summed E-state index contributed by atoms with van der Waals surface area (Å²) in [7, 11) is -1.71. The molecular weight excluding hydrogens is 648 g/mol. The zero-order chi connectivity index (χ0) is 13.4. The van der Waals surface area contributed by atoms with E-state index in [9.17, 15) is 9.46 Å². The molecule has 0 aliphatic rings. The summed E-state index contributed by atoms with van der Waals surface area (Å²) in [5.41, 5.74) is 0.839. The Morgan fingerprint density at radius 3 is 2.19 bits per heavy atom. The zero-order valence-corrected chi connectivity index (χ0v) is 24.1. The number of hydrogen-bond acceptors (Lipinski definition) is 1. The third-order valence-electron chi connectivity index (χ3n) is 2.57. The monoisotopic (exact) mass is 669 g/mol. The summed E-state index contributed by atoms with van der Waals surface area (Å²) in [6.45, 7) is 11.1. The van der Waals surface area contributed by atoms with Crippen LogP contribution in [0.2, 0.25) is 0 Å². The van der Waals surface area contributed by atoms with Crippen LogP contribution < -0.4 is 4.57 Å². The van der Waals surface area contributed by atoms with E-state index in [4.69, 9.17) is 0 Å². The molecule has 0 aliphatic carbocycles. The van der Waals surface area contributed by atoms with Crippen LogP contribution in [0.25, 0.3) is 0 Å². The fourth-order valence-electron chi connectivity index (χ4n) is 1.37. The van der Waals surface area contributed by atoms with Crippen molar-refractivity contribution in [2.24, 2.45) is 13.0 Å². The largest absolute Gasteiger partial charge is 0.517 e. The van der Waals surface area contributed by atoms with Crippen LogP contribution in [0.5, 0.6) is 0 Å². The second kappa shape index (κ2) is 12.3. The molecule has 115 valence electrons. The van der Waals surface area contributed by atoms with Gasteiger partial charge in [0.2, 0.25) is 0 Å².